The minimum absolute atomic E-state index is 0.0914. The third kappa shape index (κ3) is 3.42. The van der Waals surface area contributed by atoms with Crippen molar-refractivity contribution in [3.63, 3.8) is 0 Å². The monoisotopic (exact) mass is 304 g/mol. The molecule has 2 saturated heterocycles. The molecule has 3 rings (SSSR count). The molecular weight excluding hydrogens is 280 g/mol. The summed E-state index contributed by atoms with van der Waals surface area (Å²) < 4.78 is 11.1. The number of likely N-dealkylation sites (N-methyl/N-ethyl adjacent to an activating group) is 1. The smallest absolute Gasteiger partial charge is 0.248 e. The van der Waals surface area contributed by atoms with E-state index in [4.69, 9.17) is 9.47 Å². The van der Waals surface area contributed by atoms with Gasteiger partial charge in [-0.1, -0.05) is 12.1 Å². The first-order valence-electron chi connectivity index (χ1n) is 7.86. The van der Waals surface area contributed by atoms with Gasteiger partial charge in [0, 0.05) is 39.1 Å². The molecule has 1 aromatic carbocycles. The van der Waals surface area contributed by atoms with Crippen LogP contribution >= 0.6 is 0 Å². The highest BCUT2D eigenvalue weighted by molar-refractivity contribution is 5.77. The maximum absolute atomic E-state index is 11.8. The van der Waals surface area contributed by atoms with Gasteiger partial charge in [0.2, 0.25) is 5.91 Å². The SMILES string of the molecule is COc1cccc(CN2CC[C@@H]3OCC(=O)N(C)C[C@H]3C2)c1. The lowest BCUT2D eigenvalue weighted by Crippen LogP contribution is -2.46. The van der Waals surface area contributed by atoms with E-state index < -0.39 is 0 Å². The van der Waals surface area contributed by atoms with Crippen LogP contribution in [0, 0.1) is 5.92 Å². The van der Waals surface area contributed by atoms with Crippen molar-refractivity contribution >= 4 is 5.91 Å². The summed E-state index contributed by atoms with van der Waals surface area (Å²) >= 11 is 0. The fourth-order valence-corrected chi connectivity index (χ4v) is 3.40. The van der Waals surface area contributed by atoms with Crippen LogP contribution in [0.2, 0.25) is 0 Å². The summed E-state index contributed by atoms with van der Waals surface area (Å²) in [5.41, 5.74) is 1.26. The molecule has 0 spiro atoms. The number of amides is 1. The maximum atomic E-state index is 11.8. The molecule has 22 heavy (non-hydrogen) atoms. The third-order valence-electron chi connectivity index (χ3n) is 4.64. The second kappa shape index (κ2) is 6.67. The van der Waals surface area contributed by atoms with Crippen molar-refractivity contribution in [1.82, 2.24) is 9.80 Å². The molecule has 5 heteroatoms. The van der Waals surface area contributed by atoms with Crippen LogP contribution in [0.4, 0.5) is 0 Å². The molecule has 2 heterocycles. The molecule has 2 fully saturated rings. The number of rotatable bonds is 3. The van der Waals surface area contributed by atoms with E-state index in [1.807, 2.05) is 19.2 Å². The van der Waals surface area contributed by atoms with E-state index in [0.717, 1.165) is 38.3 Å². The number of carbonyl (C=O) groups is 1. The van der Waals surface area contributed by atoms with Gasteiger partial charge in [-0.15, -0.1) is 0 Å². The average molecular weight is 304 g/mol. The largest absolute Gasteiger partial charge is 0.497 e. The van der Waals surface area contributed by atoms with Crippen LogP contribution in [0.3, 0.4) is 0 Å². The number of methoxy groups -OCH3 is 1. The summed E-state index contributed by atoms with van der Waals surface area (Å²) in [4.78, 5) is 16.0. The summed E-state index contributed by atoms with van der Waals surface area (Å²) in [6, 6.07) is 8.22. The molecular formula is C17H24N2O3. The van der Waals surface area contributed by atoms with E-state index >= 15 is 0 Å². The summed E-state index contributed by atoms with van der Waals surface area (Å²) in [6.45, 7) is 3.92. The Bertz CT molecular complexity index is 534. The summed E-state index contributed by atoms with van der Waals surface area (Å²) in [6.07, 6.45) is 1.21. The Morgan fingerprint density at radius 3 is 3.05 bits per heavy atom. The molecule has 0 aliphatic carbocycles. The number of hydrogen-bond acceptors (Lipinski definition) is 4. The molecule has 2 aliphatic rings. The number of hydrogen-bond donors (Lipinski definition) is 0. The Morgan fingerprint density at radius 2 is 2.23 bits per heavy atom. The minimum atomic E-state index is 0.0914. The predicted molar refractivity (Wildman–Crippen MR) is 83.8 cm³/mol. The van der Waals surface area contributed by atoms with Crippen molar-refractivity contribution in [3.8, 4) is 5.75 Å². The van der Waals surface area contributed by atoms with Crippen molar-refractivity contribution in [3.05, 3.63) is 29.8 Å². The molecule has 1 amide bonds. The lowest BCUT2D eigenvalue weighted by atomic mass is 9.94. The molecule has 0 N–H and O–H groups in total. The van der Waals surface area contributed by atoms with E-state index in [-0.39, 0.29) is 18.6 Å². The topological polar surface area (TPSA) is 42.0 Å². The number of carbonyl (C=O) groups excluding carboxylic acids is 1. The fraction of sp³-hybridized carbons (Fsp3) is 0.588. The number of likely N-dealkylation sites (tertiary alicyclic amines) is 1. The van der Waals surface area contributed by atoms with Gasteiger partial charge in [0.1, 0.15) is 12.4 Å². The second-order valence-corrected chi connectivity index (χ2v) is 6.26. The number of benzene rings is 1. The molecule has 0 unspecified atom stereocenters. The molecule has 2 atom stereocenters. The van der Waals surface area contributed by atoms with E-state index in [1.54, 1.807) is 12.0 Å². The summed E-state index contributed by atoms with van der Waals surface area (Å²) in [5, 5.41) is 0. The van der Waals surface area contributed by atoms with Crippen LogP contribution in [-0.2, 0) is 16.1 Å². The molecule has 0 saturated carbocycles. The standard InChI is InChI=1S/C17H24N2O3/c1-18-10-14-11-19(7-6-16(14)22-12-17(18)20)9-13-4-3-5-15(8-13)21-2/h3-5,8,14,16H,6-7,9-12H2,1-2H3/t14-,16-/m0/s1. The van der Waals surface area contributed by atoms with E-state index in [2.05, 4.69) is 17.0 Å². The predicted octanol–water partition coefficient (Wildman–Crippen LogP) is 1.37. The van der Waals surface area contributed by atoms with Gasteiger partial charge in [-0.05, 0) is 24.1 Å². The number of ether oxygens (including phenoxy) is 2. The van der Waals surface area contributed by atoms with Crippen molar-refractivity contribution in [2.24, 2.45) is 5.92 Å². The van der Waals surface area contributed by atoms with Gasteiger partial charge in [-0.2, -0.15) is 0 Å². The van der Waals surface area contributed by atoms with Gasteiger partial charge < -0.3 is 14.4 Å². The third-order valence-corrected chi connectivity index (χ3v) is 4.64. The van der Waals surface area contributed by atoms with Gasteiger partial charge in [0.25, 0.3) is 0 Å². The van der Waals surface area contributed by atoms with Gasteiger partial charge >= 0.3 is 0 Å². The van der Waals surface area contributed by atoms with Gasteiger partial charge in [-0.3, -0.25) is 9.69 Å². The quantitative estimate of drug-likeness (QED) is 0.846. The van der Waals surface area contributed by atoms with E-state index in [0.29, 0.717) is 5.92 Å². The molecule has 120 valence electrons. The van der Waals surface area contributed by atoms with Crippen molar-refractivity contribution in [2.45, 2.75) is 19.1 Å². The van der Waals surface area contributed by atoms with Crippen LogP contribution in [0.15, 0.2) is 24.3 Å². The lowest BCUT2D eigenvalue weighted by molar-refractivity contribution is -0.133. The van der Waals surface area contributed by atoms with Crippen molar-refractivity contribution in [2.75, 3.05) is 40.4 Å². The molecule has 1 aromatic rings. The number of nitrogens with zero attached hydrogens (tertiary/aromatic N) is 2. The highest BCUT2D eigenvalue weighted by Gasteiger charge is 2.34. The van der Waals surface area contributed by atoms with Crippen LogP contribution in [-0.4, -0.2) is 62.2 Å². The Kier molecular flexibility index (Phi) is 4.64. The summed E-state index contributed by atoms with van der Waals surface area (Å²) in [5.74, 6) is 1.39. The van der Waals surface area contributed by atoms with Gasteiger partial charge in [0.15, 0.2) is 0 Å². The first kappa shape index (κ1) is 15.3. The zero-order valence-corrected chi connectivity index (χ0v) is 13.3. The molecule has 0 aromatic heterocycles. The Balaban J connectivity index is 1.63. The number of fused-ring (bicyclic) bond motifs is 1. The number of piperidine rings is 1. The van der Waals surface area contributed by atoms with Crippen molar-refractivity contribution in [1.29, 1.82) is 0 Å². The Hall–Kier alpha value is -1.59. The van der Waals surface area contributed by atoms with Crippen LogP contribution in [0.25, 0.3) is 0 Å². The first-order chi connectivity index (χ1) is 10.7. The van der Waals surface area contributed by atoms with Crippen LogP contribution in [0.5, 0.6) is 5.75 Å². The van der Waals surface area contributed by atoms with Crippen molar-refractivity contribution < 1.29 is 14.3 Å². The van der Waals surface area contributed by atoms with Crippen LogP contribution in [0.1, 0.15) is 12.0 Å². The Morgan fingerprint density at radius 1 is 1.36 bits per heavy atom. The molecule has 0 bridgehead atoms. The summed E-state index contributed by atoms with van der Waals surface area (Å²) in [7, 11) is 3.56. The molecule has 0 radical (unpaired) electrons. The normalized spacial score (nSPS) is 26.5. The second-order valence-electron chi connectivity index (χ2n) is 6.26. The molecule has 2 aliphatic heterocycles. The minimum Gasteiger partial charge on any atom is -0.497 e. The fourth-order valence-electron chi connectivity index (χ4n) is 3.40. The molecule has 5 nitrogen and oxygen atoms in total. The highest BCUT2D eigenvalue weighted by Crippen LogP contribution is 2.25. The lowest BCUT2D eigenvalue weighted by Gasteiger charge is -2.37. The van der Waals surface area contributed by atoms with E-state index in [1.165, 1.54) is 5.56 Å². The van der Waals surface area contributed by atoms with Crippen LogP contribution < -0.4 is 4.74 Å². The average Bonchev–Trinajstić information content (AvgIpc) is 2.67. The van der Waals surface area contributed by atoms with E-state index in [9.17, 15) is 4.79 Å². The maximum Gasteiger partial charge on any atom is 0.248 e. The van der Waals surface area contributed by atoms with Gasteiger partial charge in [-0.25, -0.2) is 0 Å². The highest BCUT2D eigenvalue weighted by atomic mass is 16.5. The zero-order chi connectivity index (χ0) is 15.5. The Labute approximate surface area is 131 Å². The van der Waals surface area contributed by atoms with Gasteiger partial charge in [0.05, 0.1) is 13.2 Å². The zero-order valence-electron chi connectivity index (χ0n) is 13.3. The first-order valence-corrected chi connectivity index (χ1v) is 7.86.